The summed E-state index contributed by atoms with van der Waals surface area (Å²) in [4.78, 5) is 29.5. The average Bonchev–Trinajstić information content (AvgIpc) is 3.16. The van der Waals surface area contributed by atoms with Gasteiger partial charge in [0.25, 0.3) is 5.69 Å². The van der Waals surface area contributed by atoms with Crippen molar-refractivity contribution in [1.29, 1.82) is 0 Å². The first kappa shape index (κ1) is 20.4. The van der Waals surface area contributed by atoms with E-state index in [1.54, 1.807) is 17.8 Å². The lowest BCUT2D eigenvalue weighted by Gasteiger charge is -2.10. The van der Waals surface area contributed by atoms with Gasteiger partial charge in [0.05, 0.1) is 26.6 Å². The number of nitro groups is 1. The molecule has 6 nitrogen and oxygen atoms in total. The van der Waals surface area contributed by atoms with E-state index in [0.29, 0.717) is 9.86 Å². The zero-order valence-electron chi connectivity index (χ0n) is 15.5. The molecule has 150 valence electrons. The maximum absolute atomic E-state index is 12.5. The molecular formula is C21H15N3O3S3. The Morgan fingerprint density at radius 2 is 1.83 bits per heavy atom. The molecule has 4 rings (SSSR count). The SMILES string of the molecule is O=C(CSc1nc2ccc([N+](=O)[O-])cc2s1)Nc1ccccc1Sc1ccccc1. The standard InChI is InChI=1S/C21H15N3O3S3/c25-20(13-28-21-23-17-11-10-14(24(26)27)12-19(17)30-21)22-16-8-4-5-9-18(16)29-15-6-2-1-3-7-15/h1-12H,13H2,(H,22,25). The molecule has 3 aromatic carbocycles. The Morgan fingerprint density at radius 3 is 2.63 bits per heavy atom. The van der Waals surface area contributed by atoms with Gasteiger partial charge in [-0.1, -0.05) is 53.9 Å². The summed E-state index contributed by atoms with van der Waals surface area (Å²) in [5.41, 5.74) is 1.49. The van der Waals surface area contributed by atoms with Crippen LogP contribution in [0.15, 0.2) is 86.9 Å². The first-order valence-electron chi connectivity index (χ1n) is 8.88. The van der Waals surface area contributed by atoms with Crippen LogP contribution >= 0.6 is 34.9 Å². The molecule has 4 aromatic rings. The number of anilines is 1. The predicted octanol–water partition coefficient (Wildman–Crippen LogP) is 6.09. The van der Waals surface area contributed by atoms with Crippen molar-refractivity contribution in [2.45, 2.75) is 14.1 Å². The van der Waals surface area contributed by atoms with Gasteiger partial charge in [-0.15, -0.1) is 11.3 Å². The number of rotatable bonds is 7. The first-order valence-corrected chi connectivity index (χ1v) is 11.5. The molecule has 1 heterocycles. The highest BCUT2D eigenvalue weighted by Crippen LogP contribution is 2.34. The summed E-state index contributed by atoms with van der Waals surface area (Å²) < 4.78 is 1.43. The number of para-hydroxylation sites is 1. The largest absolute Gasteiger partial charge is 0.324 e. The van der Waals surface area contributed by atoms with Gasteiger partial charge in [0.15, 0.2) is 4.34 Å². The first-order chi connectivity index (χ1) is 14.6. The quantitative estimate of drug-likeness (QED) is 0.207. The number of nitro benzene ring substituents is 1. The Bertz CT molecular complexity index is 1210. The minimum Gasteiger partial charge on any atom is -0.324 e. The molecule has 0 saturated heterocycles. The number of nitrogens with zero attached hydrogens (tertiary/aromatic N) is 2. The van der Waals surface area contributed by atoms with Gasteiger partial charge in [0.1, 0.15) is 0 Å². The second kappa shape index (κ2) is 9.29. The smallest absolute Gasteiger partial charge is 0.270 e. The number of fused-ring (bicyclic) bond motifs is 1. The van der Waals surface area contributed by atoms with E-state index < -0.39 is 4.92 Å². The topological polar surface area (TPSA) is 85.1 Å². The van der Waals surface area contributed by atoms with Crippen LogP contribution in [0.2, 0.25) is 0 Å². The van der Waals surface area contributed by atoms with Crippen molar-refractivity contribution in [2.24, 2.45) is 0 Å². The molecule has 0 radical (unpaired) electrons. The van der Waals surface area contributed by atoms with Crippen LogP contribution in [0, 0.1) is 10.1 Å². The van der Waals surface area contributed by atoms with E-state index >= 15 is 0 Å². The zero-order valence-corrected chi connectivity index (χ0v) is 17.9. The van der Waals surface area contributed by atoms with Crippen LogP contribution in [0.1, 0.15) is 0 Å². The van der Waals surface area contributed by atoms with Crippen LogP contribution in [0.25, 0.3) is 10.2 Å². The number of thiazole rings is 1. The average molecular weight is 454 g/mol. The fraction of sp³-hybridized carbons (Fsp3) is 0.0476. The van der Waals surface area contributed by atoms with Crippen LogP contribution < -0.4 is 5.32 Å². The third-order valence-corrected chi connectivity index (χ3v) is 7.27. The predicted molar refractivity (Wildman–Crippen MR) is 123 cm³/mol. The van der Waals surface area contributed by atoms with Gasteiger partial charge in [0, 0.05) is 21.9 Å². The lowest BCUT2D eigenvalue weighted by molar-refractivity contribution is -0.384. The van der Waals surface area contributed by atoms with Crippen molar-refractivity contribution in [3.05, 3.63) is 82.9 Å². The molecule has 0 aliphatic heterocycles. The molecule has 0 unspecified atom stereocenters. The van der Waals surface area contributed by atoms with E-state index in [4.69, 9.17) is 0 Å². The highest BCUT2D eigenvalue weighted by molar-refractivity contribution is 8.01. The normalized spacial score (nSPS) is 10.8. The van der Waals surface area contributed by atoms with Crippen LogP contribution in [-0.4, -0.2) is 21.6 Å². The highest BCUT2D eigenvalue weighted by Gasteiger charge is 2.13. The van der Waals surface area contributed by atoms with Crippen molar-refractivity contribution < 1.29 is 9.72 Å². The van der Waals surface area contributed by atoms with Crippen LogP contribution in [0.5, 0.6) is 0 Å². The Labute approximate surface area is 184 Å². The van der Waals surface area contributed by atoms with E-state index in [-0.39, 0.29) is 17.3 Å². The molecule has 0 bridgehead atoms. The Kier molecular flexibility index (Phi) is 6.32. The number of nitrogens with one attached hydrogen (secondary N) is 1. The van der Waals surface area contributed by atoms with Gasteiger partial charge >= 0.3 is 0 Å². The summed E-state index contributed by atoms with van der Waals surface area (Å²) in [6, 6.07) is 22.2. The van der Waals surface area contributed by atoms with Crippen molar-refractivity contribution in [1.82, 2.24) is 4.98 Å². The van der Waals surface area contributed by atoms with Crippen molar-refractivity contribution in [3.8, 4) is 0 Å². The Balaban J connectivity index is 1.41. The van der Waals surface area contributed by atoms with Gasteiger partial charge < -0.3 is 5.32 Å². The van der Waals surface area contributed by atoms with E-state index in [1.807, 2.05) is 54.6 Å². The minimum atomic E-state index is -0.426. The molecule has 0 spiro atoms. The van der Waals surface area contributed by atoms with Crippen LogP contribution in [0.4, 0.5) is 11.4 Å². The molecule has 0 aliphatic rings. The number of hydrogen-bond donors (Lipinski definition) is 1. The van der Waals surface area contributed by atoms with Gasteiger partial charge in [-0.05, 0) is 30.3 Å². The lowest BCUT2D eigenvalue weighted by Crippen LogP contribution is -2.14. The number of carbonyl (C=O) groups excluding carboxylic acids is 1. The molecule has 1 amide bonds. The number of amides is 1. The van der Waals surface area contributed by atoms with Crippen LogP contribution in [-0.2, 0) is 4.79 Å². The number of carbonyl (C=O) groups is 1. The second-order valence-electron chi connectivity index (χ2n) is 6.14. The molecule has 1 N–H and O–H groups in total. The number of non-ortho nitro benzene ring substituents is 1. The molecule has 0 aliphatic carbocycles. The molecule has 0 fully saturated rings. The number of hydrogen-bond acceptors (Lipinski definition) is 7. The molecular weight excluding hydrogens is 438 g/mol. The summed E-state index contributed by atoms with van der Waals surface area (Å²) >= 11 is 4.25. The maximum atomic E-state index is 12.5. The fourth-order valence-corrected chi connectivity index (χ4v) is 5.48. The molecule has 30 heavy (non-hydrogen) atoms. The number of benzene rings is 3. The molecule has 1 aromatic heterocycles. The lowest BCUT2D eigenvalue weighted by atomic mass is 10.3. The Hall–Kier alpha value is -2.88. The third kappa shape index (κ3) is 4.99. The summed E-state index contributed by atoms with van der Waals surface area (Å²) in [7, 11) is 0. The second-order valence-corrected chi connectivity index (χ2v) is 9.51. The summed E-state index contributed by atoms with van der Waals surface area (Å²) in [5, 5.41) is 13.9. The van der Waals surface area contributed by atoms with E-state index in [9.17, 15) is 14.9 Å². The summed E-state index contributed by atoms with van der Waals surface area (Å²) in [5.74, 6) is 0.0676. The number of aromatic nitrogens is 1. The number of thioether (sulfide) groups is 1. The molecule has 0 atom stereocenters. The molecule has 9 heteroatoms. The van der Waals surface area contributed by atoms with Gasteiger partial charge in [-0.3, -0.25) is 14.9 Å². The van der Waals surface area contributed by atoms with E-state index in [0.717, 1.165) is 20.2 Å². The van der Waals surface area contributed by atoms with Crippen LogP contribution in [0.3, 0.4) is 0 Å². The minimum absolute atomic E-state index is 0.0352. The third-order valence-electron chi connectivity index (χ3n) is 4.02. The van der Waals surface area contributed by atoms with E-state index in [1.165, 1.54) is 35.2 Å². The molecule has 0 saturated carbocycles. The van der Waals surface area contributed by atoms with Gasteiger partial charge in [-0.2, -0.15) is 0 Å². The van der Waals surface area contributed by atoms with Crippen molar-refractivity contribution >= 4 is 62.4 Å². The summed E-state index contributed by atoms with van der Waals surface area (Å²) in [6.07, 6.45) is 0. The van der Waals surface area contributed by atoms with Crippen molar-refractivity contribution in [2.75, 3.05) is 11.1 Å². The van der Waals surface area contributed by atoms with Gasteiger partial charge in [-0.25, -0.2) is 4.98 Å². The summed E-state index contributed by atoms with van der Waals surface area (Å²) in [6.45, 7) is 0. The zero-order chi connectivity index (χ0) is 20.9. The maximum Gasteiger partial charge on any atom is 0.270 e. The Morgan fingerprint density at radius 1 is 1.07 bits per heavy atom. The van der Waals surface area contributed by atoms with Gasteiger partial charge in [0.2, 0.25) is 5.91 Å². The monoisotopic (exact) mass is 453 g/mol. The fourth-order valence-electron chi connectivity index (χ4n) is 2.66. The highest BCUT2D eigenvalue weighted by atomic mass is 32.2. The van der Waals surface area contributed by atoms with E-state index in [2.05, 4.69) is 10.3 Å². The van der Waals surface area contributed by atoms with Crippen molar-refractivity contribution in [3.63, 3.8) is 0 Å².